The van der Waals surface area contributed by atoms with Crippen molar-refractivity contribution >= 4 is 17.3 Å². The first-order valence-corrected chi connectivity index (χ1v) is 11.2. The summed E-state index contributed by atoms with van der Waals surface area (Å²) < 4.78 is 18.6. The van der Waals surface area contributed by atoms with Crippen molar-refractivity contribution in [1.82, 2.24) is 25.3 Å². The van der Waals surface area contributed by atoms with Gasteiger partial charge in [0.15, 0.2) is 5.69 Å². The summed E-state index contributed by atoms with van der Waals surface area (Å²) in [5.74, 6) is 0.397. The number of methoxy groups -OCH3 is 1. The van der Waals surface area contributed by atoms with Gasteiger partial charge in [-0.05, 0) is 49.7 Å². The average molecular weight is 463 g/mol. The maximum absolute atomic E-state index is 13.6. The number of pyridine rings is 2. The summed E-state index contributed by atoms with van der Waals surface area (Å²) in [7, 11) is 1.70. The van der Waals surface area contributed by atoms with E-state index in [-0.39, 0.29) is 12.2 Å². The molecule has 1 aliphatic heterocycles. The van der Waals surface area contributed by atoms with E-state index in [0.29, 0.717) is 42.5 Å². The summed E-state index contributed by atoms with van der Waals surface area (Å²) in [4.78, 5) is 19.6. The van der Waals surface area contributed by atoms with Crippen molar-refractivity contribution in [3.05, 3.63) is 54.1 Å². The fraction of sp³-hybridized carbons (Fsp3) is 0.375. The smallest absolute Gasteiger partial charge is 0.227 e. The number of nitriles is 1. The van der Waals surface area contributed by atoms with Gasteiger partial charge < -0.3 is 20.3 Å². The van der Waals surface area contributed by atoms with Crippen LogP contribution >= 0.6 is 0 Å². The Labute approximate surface area is 198 Å². The zero-order chi connectivity index (χ0) is 23.8. The maximum atomic E-state index is 13.6. The van der Waals surface area contributed by atoms with Crippen LogP contribution in [0.5, 0.6) is 0 Å². The second-order valence-electron chi connectivity index (χ2n) is 7.96. The Bertz CT molecular complexity index is 1130. The number of rotatable bonds is 10. The molecule has 9 nitrogen and oxygen atoms in total. The highest BCUT2D eigenvalue weighted by Crippen LogP contribution is 2.27. The normalized spacial score (nSPS) is 15.3. The molecule has 10 heteroatoms. The summed E-state index contributed by atoms with van der Waals surface area (Å²) in [5.41, 5.74) is 3.73. The molecule has 1 aliphatic rings. The number of nitrogens with zero attached hydrogens (tertiary/aromatic N) is 6. The summed E-state index contributed by atoms with van der Waals surface area (Å²) in [5, 5.41) is 16.1. The van der Waals surface area contributed by atoms with Gasteiger partial charge in [-0.2, -0.15) is 5.26 Å². The van der Waals surface area contributed by atoms with Crippen LogP contribution in [0.4, 0.5) is 21.7 Å². The molecule has 2 N–H and O–H groups in total. The second-order valence-corrected chi connectivity index (χ2v) is 7.96. The lowest BCUT2D eigenvalue weighted by atomic mass is 10.2. The van der Waals surface area contributed by atoms with Crippen LogP contribution < -0.4 is 15.5 Å². The Morgan fingerprint density at radius 3 is 2.79 bits per heavy atom. The number of alkyl halides is 1. The van der Waals surface area contributed by atoms with Gasteiger partial charge in [-0.25, -0.2) is 19.3 Å². The fourth-order valence-corrected chi connectivity index (χ4v) is 3.72. The van der Waals surface area contributed by atoms with Gasteiger partial charge in [0.2, 0.25) is 5.95 Å². The molecule has 0 saturated carbocycles. The number of ether oxygens (including phenoxy) is 1. The fourth-order valence-electron chi connectivity index (χ4n) is 3.72. The van der Waals surface area contributed by atoms with Crippen LogP contribution in [0.2, 0.25) is 0 Å². The van der Waals surface area contributed by atoms with Crippen molar-refractivity contribution in [3.8, 4) is 17.5 Å². The molecule has 0 amide bonds. The predicted molar refractivity (Wildman–Crippen MR) is 127 cm³/mol. The quantitative estimate of drug-likeness (QED) is 0.439. The largest absolute Gasteiger partial charge is 0.385 e. The van der Waals surface area contributed by atoms with Gasteiger partial charge in [-0.3, -0.25) is 4.98 Å². The number of hydrogen-bond acceptors (Lipinski definition) is 9. The highest BCUT2D eigenvalue weighted by atomic mass is 19.1. The molecular weight excluding hydrogens is 435 g/mol. The average Bonchev–Trinajstić information content (AvgIpc) is 3.30. The minimum atomic E-state index is -0.873. The minimum absolute atomic E-state index is 0.260. The van der Waals surface area contributed by atoms with E-state index in [2.05, 4.69) is 36.6 Å². The van der Waals surface area contributed by atoms with Crippen LogP contribution in [0.3, 0.4) is 0 Å². The lowest BCUT2D eigenvalue weighted by molar-refractivity contribution is 0.194. The van der Waals surface area contributed by atoms with Crippen LogP contribution in [0, 0.1) is 11.3 Å². The summed E-state index contributed by atoms with van der Waals surface area (Å²) >= 11 is 0. The molecule has 0 unspecified atom stereocenters. The van der Waals surface area contributed by atoms with Crippen LogP contribution in [0.25, 0.3) is 11.4 Å². The van der Waals surface area contributed by atoms with Gasteiger partial charge in [-0.15, -0.1) is 0 Å². The number of nitrogens with one attached hydrogen (secondary N) is 2. The lowest BCUT2D eigenvalue weighted by Gasteiger charge is -2.18. The van der Waals surface area contributed by atoms with E-state index in [0.717, 1.165) is 31.0 Å². The van der Waals surface area contributed by atoms with E-state index in [1.165, 1.54) is 0 Å². The lowest BCUT2D eigenvalue weighted by Crippen LogP contribution is -2.21. The zero-order valence-corrected chi connectivity index (χ0v) is 19.0. The van der Waals surface area contributed by atoms with E-state index in [4.69, 9.17) is 4.74 Å². The van der Waals surface area contributed by atoms with Crippen molar-refractivity contribution in [2.75, 3.05) is 43.6 Å². The first-order chi connectivity index (χ1) is 16.7. The summed E-state index contributed by atoms with van der Waals surface area (Å²) in [6.07, 6.45) is 3.91. The van der Waals surface area contributed by atoms with Crippen molar-refractivity contribution < 1.29 is 9.13 Å². The van der Waals surface area contributed by atoms with Crippen molar-refractivity contribution in [2.45, 2.75) is 25.6 Å². The Hall–Kier alpha value is -3.68. The van der Waals surface area contributed by atoms with E-state index in [9.17, 15) is 9.65 Å². The first-order valence-electron chi connectivity index (χ1n) is 11.2. The molecule has 1 fully saturated rings. The molecule has 0 spiro atoms. The number of halogens is 1. The predicted octanol–water partition coefficient (Wildman–Crippen LogP) is 3.22. The van der Waals surface area contributed by atoms with E-state index < -0.39 is 6.17 Å². The van der Waals surface area contributed by atoms with Gasteiger partial charge in [-0.1, -0.05) is 0 Å². The Kier molecular flexibility index (Phi) is 7.91. The highest BCUT2D eigenvalue weighted by molar-refractivity contribution is 5.65. The first kappa shape index (κ1) is 23.5. The minimum Gasteiger partial charge on any atom is -0.385 e. The highest BCUT2D eigenvalue weighted by Gasteiger charge is 2.24. The molecule has 0 radical (unpaired) electrons. The third-order valence-electron chi connectivity index (χ3n) is 5.46. The van der Waals surface area contributed by atoms with E-state index in [1.807, 2.05) is 17.0 Å². The van der Waals surface area contributed by atoms with Crippen LogP contribution in [0.15, 0.2) is 42.7 Å². The van der Waals surface area contributed by atoms with E-state index >= 15 is 0 Å². The molecule has 34 heavy (non-hydrogen) atoms. The molecule has 1 saturated heterocycles. The molecule has 4 rings (SSSR count). The molecule has 3 aromatic rings. The molecule has 3 aromatic heterocycles. The standard InChI is InChI=1S/C24H27FN8O/c1-34-12-2-9-27-14-18-3-4-19(15-29-18)30-24-28-10-7-21(32-24)20-5-6-23(22(13-26)31-20)33-11-8-17(25)16-33/h3-7,10,15,17,27H,2,8-9,11-12,14,16H2,1H3,(H,28,30,32)/t17-/m0/s1. The van der Waals surface area contributed by atoms with Crippen molar-refractivity contribution in [2.24, 2.45) is 0 Å². The number of aromatic nitrogens is 4. The zero-order valence-electron chi connectivity index (χ0n) is 19.0. The van der Waals surface area contributed by atoms with Gasteiger partial charge in [0.25, 0.3) is 0 Å². The van der Waals surface area contributed by atoms with Crippen molar-refractivity contribution in [3.63, 3.8) is 0 Å². The van der Waals surface area contributed by atoms with Gasteiger partial charge in [0, 0.05) is 39.5 Å². The van der Waals surface area contributed by atoms with Gasteiger partial charge in [0.05, 0.1) is 34.7 Å². The van der Waals surface area contributed by atoms with E-state index in [1.54, 1.807) is 37.7 Å². The third-order valence-corrected chi connectivity index (χ3v) is 5.46. The molecule has 0 bridgehead atoms. The third kappa shape index (κ3) is 6.01. The molecule has 1 atom stereocenters. The maximum Gasteiger partial charge on any atom is 0.227 e. The summed E-state index contributed by atoms with van der Waals surface area (Å²) in [6, 6.07) is 11.3. The topological polar surface area (TPSA) is 112 Å². The second kappa shape index (κ2) is 11.4. The molecule has 176 valence electrons. The molecule has 4 heterocycles. The monoisotopic (exact) mass is 462 g/mol. The SMILES string of the molecule is COCCCNCc1ccc(Nc2nccc(-c3ccc(N4CC[C@H](F)C4)c(C#N)n3)n2)cn1. The van der Waals surface area contributed by atoms with Crippen LogP contribution in [-0.2, 0) is 11.3 Å². The Morgan fingerprint density at radius 1 is 1.18 bits per heavy atom. The molecule has 0 aliphatic carbocycles. The molecular formula is C24H27FN8O. The Balaban J connectivity index is 1.42. The van der Waals surface area contributed by atoms with Crippen molar-refractivity contribution in [1.29, 1.82) is 5.26 Å². The number of hydrogen-bond donors (Lipinski definition) is 2. The van der Waals surface area contributed by atoms with Crippen LogP contribution in [-0.4, -0.2) is 59.5 Å². The van der Waals surface area contributed by atoms with Gasteiger partial charge in [0.1, 0.15) is 12.2 Å². The number of anilines is 3. The molecule has 0 aromatic carbocycles. The Morgan fingerprint density at radius 2 is 2.06 bits per heavy atom. The van der Waals surface area contributed by atoms with Gasteiger partial charge >= 0.3 is 0 Å². The van der Waals surface area contributed by atoms with Crippen LogP contribution in [0.1, 0.15) is 24.2 Å². The summed E-state index contributed by atoms with van der Waals surface area (Å²) in [6.45, 7) is 3.15.